The van der Waals surface area contributed by atoms with Crippen molar-refractivity contribution in [3.8, 4) is 0 Å². The largest absolute Gasteiger partial charge is 0.361 e. The van der Waals surface area contributed by atoms with E-state index in [0.29, 0.717) is 23.0 Å². The Bertz CT molecular complexity index is 873. The summed E-state index contributed by atoms with van der Waals surface area (Å²) in [7, 11) is 0. The van der Waals surface area contributed by atoms with Crippen LogP contribution in [0.4, 0.5) is 0 Å². The first kappa shape index (κ1) is 16.9. The zero-order valence-electron chi connectivity index (χ0n) is 13.3. The number of carbonyl (C=O) groups is 1. The molecule has 1 unspecified atom stereocenters. The second-order valence-electron chi connectivity index (χ2n) is 5.92. The molecule has 3 rings (SSSR count). The number of carbonyl (C=O) groups excluding carboxylic acids is 1. The lowest BCUT2D eigenvalue weighted by Crippen LogP contribution is -2.29. The molecule has 5 heteroatoms. The standard InChI is InChI=1S/C19H18Cl2N2O/c1-12(8-14-11-22-18-5-3-2-4-16(14)18)19(24)23-10-13-6-7-15(20)9-17(13)21/h2-7,9,11-12,22H,8,10H2,1H3,(H,23,24). The summed E-state index contributed by atoms with van der Waals surface area (Å²) in [5.74, 6) is -0.124. The Hall–Kier alpha value is -1.97. The minimum atomic E-state index is -0.129. The number of benzene rings is 2. The molecular formula is C19H18Cl2N2O. The van der Waals surface area contributed by atoms with Crippen molar-refractivity contribution in [2.24, 2.45) is 5.92 Å². The molecule has 0 bridgehead atoms. The lowest BCUT2D eigenvalue weighted by atomic mass is 10.00. The minimum absolute atomic E-state index is 0.00583. The van der Waals surface area contributed by atoms with Gasteiger partial charge in [0.1, 0.15) is 0 Å². The topological polar surface area (TPSA) is 44.9 Å². The second kappa shape index (κ2) is 7.29. The maximum absolute atomic E-state index is 12.4. The number of halogens is 2. The summed E-state index contributed by atoms with van der Waals surface area (Å²) in [6.07, 6.45) is 2.66. The smallest absolute Gasteiger partial charge is 0.223 e. The Morgan fingerprint density at radius 1 is 1.17 bits per heavy atom. The molecule has 0 aliphatic heterocycles. The first-order chi connectivity index (χ1) is 11.5. The SMILES string of the molecule is CC(Cc1c[nH]c2ccccc12)C(=O)NCc1ccc(Cl)cc1Cl. The van der Waals surface area contributed by atoms with Crippen molar-refractivity contribution in [1.82, 2.24) is 10.3 Å². The van der Waals surface area contributed by atoms with Gasteiger partial charge in [-0.1, -0.05) is 54.4 Å². The number of amides is 1. The van der Waals surface area contributed by atoms with Crippen LogP contribution in [-0.4, -0.2) is 10.9 Å². The van der Waals surface area contributed by atoms with Gasteiger partial charge in [-0.05, 0) is 35.7 Å². The molecule has 0 radical (unpaired) electrons. The van der Waals surface area contributed by atoms with E-state index in [9.17, 15) is 4.79 Å². The molecule has 0 fully saturated rings. The number of aromatic nitrogens is 1. The van der Waals surface area contributed by atoms with Gasteiger partial charge in [0.15, 0.2) is 0 Å². The number of fused-ring (bicyclic) bond motifs is 1. The Balaban J connectivity index is 1.62. The number of hydrogen-bond donors (Lipinski definition) is 2. The number of para-hydroxylation sites is 1. The van der Waals surface area contributed by atoms with E-state index in [-0.39, 0.29) is 11.8 Å². The van der Waals surface area contributed by atoms with Crippen LogP contribution in [0.1, 0.15) is 18.1 Å². The molecule has 3 nitrogen and oxygen atoms in total. The summed E-state index contributed by atoms with van der Waals surface area (Å²) in [5.41, 5.74) is 3.10. The number of H-pyrrole nitrogens is 1. The van der Waals surface area contributed by atoms with Crippen LogP contribution >= 0.6 is 23.2 Å². The zero-order chi connectivity index (χ0) is 17.1. The summed E-state index contributed by atoms with van der Waals surface area (Å²) in [6, 6.07) is 13.4. The Morgan fingerprint density at radius 3 is 2.75 bits per heavy atom. The van der Waals surface area contributed by atoms with Gasteiger partial charge in [-0.15, -0.1) is 0 Å². The Morgan fingerprint density at radius 2 is 1.96 bits per heavy atom. The van der Waals surface area contributed by atoms with E-state index in [0.717, 1.165) is 22.0 Å². The van der Waals surface area contributed by atoms with E-state index in [1.807, 2.05) is 37.4 Å². The van der Waals surface area contributed by atoms with Crippen molar-refractivity contribution >= 4 is 40.0 Å². The zero-order valence-corrected chi connectivity index (χ0v) is 14.8. The molecule has 2 N–H and O–H groups in total. The van der Waals surface area contributed by atoms with E-state index in [1.165, 1.54) is 0 Å². The molecule has 0 spiro atoms. The first-order valence-electron chi connectivity index (χ1n) is 7.81. The van der Waals surface area contributed by atoms with Crippen molar-refractivity contribution in [2.75, 3.05) is 0 Å². The van der Waals surface area contributed by atoms with Gasteiger partial charge in [0.05, 0.1) is 0 Å². The fourth-order valence-corrected chi connectivity index (χ4v) is 3.22. The van der Waals surface area contributed by atoms with Crippen LogP contribution in [0.2, 0.25) is 10.0 Å². The quantitative estimate of drug-likeness (QED) is 0.662. The molecule has 1 heterocycles. The maximum atomic E-state index is 12.4. The number of aromatic amines is 1. The van der Waals surface area contributed by atoms with Gasteiger partial charge in [0.25, 0.3) is 0 Å². The van der Waals surface area contributed by atoms with Crippen molar-refractivity contribution in [2.45, 2.75) is 19.9 Å². The molecule has 24 heavy (non-hydrogen) atoms. The van der Waals surface area contributed by atoms with E-state index in [4.69, 9.17) is 23.2 Å². The molecule has 1 atom stereocenters. The molecule has 1 amide bonds. The third-order valence-electron chi connectivity index (χ3n) is 4.12. The highest BCUT2D eigenvalue weighted by Gasteiger charge is 2.16. The molecular weight excluding hydrogens is 343 g/mol. The Labute approximate surface area is 151 Å². The van der Waals surface area contributed by atoms with Crippen molar-refractivity contribution < 1.29 is 4.79 Å². The van der Waals surface area contributed by atoms with E-state index < -0.39 is 0 Å². The number of rotatable bonds is 5. The summed E-state index contributed by atoms with van der Waals surface area (Å²) in [4.78, 5) is 15.6. The van der Waals surface area contributed by atoms with Gasteiger partial charge in [-0.25, -0.2) is 0 Å². The highest BCUT2D eigenvalue weighted by atomic mass is 35.5. The van der Waals surface area contributed by atoms with Crippen molar-refractivity contribution in [3.63, 3.8) is 0 Å². The lowest BCUT2D eigenvalue weighted by Gasteiger charge is -2.13. The van der Waals surface area contributed by atoms with Crippen LogP contribution in [-0.2, 0) is 17.8 Å². The summed E-state index contributed by atoms with van der Waals surface area (Å²) >= 11 is 12.0. The summed E-state index contributed by atoms with van der Waals surface area (Å²) in [5, 5.41) is 5.26. The van der Waals surface area contributed by atoms with Crippen LogP contribution in [0.3, 0.4) is 0 Å². The van der Waals surface area contributed by atoms with Crippen LogP contribution in [0.15, 0.2) is 48.7 Å². The van der Waals surface area contributed by atoms with E-state index in [1.54, 1.807) is 12.1 Å². The molecule has 0 aliphatic rings. The third kappa shape index (κ3) is 3.74. The average Bonchev–Trinajstić information content (AvgIpc) is 2.97. The van der Waals surface area contributed by atoms with Gasteiger partial charge in [0.2, 0.25) is 5.91 Å². The van der Waals surface area contributed by atoms with Gasteiger partial charge < -0.3 is 10.3 Å². The maximum Gasteiger partial charge on any atom is 0.223 e. The highest BCUT2D eigenvalue weighted by molar-refractivity contribution is 6.35. The van der Waals surface area contributed by atoms with E-state index in [2.05, 4.69) is 16.4 Å². The van der Waals surface area contributed by atoms with Crippen molar-refractivity contribution in [3.05, 3.63) is 69.8 Å². The van der Waals surface area contributed by atoms with Gasteiger partial charge in [-0.2, -0.15) is 0 Å². The molecule has 124 valence electrons. The molecule has 1 aromatic heterocycles. The predicted octanol–water partition coefficient (Wildman–Crippen LogP) is 4.97. The predicted molar refractivity (Wildman–Crippen MR) is 99.5 cm³/mol. The lowest BCUT2D eigenvalue weighted by molar-refractivity contribution is -0.124. The van der Waals surface area contributed by atoms with Gasteiger partial charge in [-0.3, -0.25) is 4.79 Å². The van der Waals surface area contributed by atoms with Gasteiger partial charge in [0, 0.05) is 39.6 Å². The van der Waals surface area contributed by atoms with Crippen LogP contribution < -0.4 is 5.32 Å². The fraction of sp³-hybridized carbons (Fsp3) is 0.211. The summed E-state index contributed by atoms with van der Waals surface area (Å²) < 4.78 is 0. The number of hydrogen-bond acceptors (Lipinski definition) is 1. The minimum Gasteiger partial charge on any atom is -0.361 e. The Kier molecular flexibility index (Phi) is 5.12. The molecule has 2 aromatic carbocycles. The van der Waals surface area contributed by atoms with Crippen LogP contribution in [0.25, 0.3) is 10.9 Å². The average molecular weight is 361 g/mol. The van der Waals surface area contributed by atoms with Crippen LogP contribution in [0.5, 0.6) is 0 Å². The molecule has 0 saturated heterocycles. The second-order valence-corrected chi connectivity index (χ2v) is 6.76. The van der Waals surface area contributed by atoms with E-state index >= 15 is 0 Å². The summed E-state index contributed by atoms with van der Waals surface area (Å²) in [6.45, 7) is 2.33. The number of nitrogens with one attached hydrogen (secondary N) is 2. The fourth-order valence-electron chi connectivity index (χ4n) is 2.74. The highest BCUT2D eigenvalue weighted by Crippen LogP contribution is 2.22. The van der Waals surface area contributed by atoms with Crippen molar-refractivity contribution in [1.29, 1.82) is 0 Å². The third-order valence-corrected chi connectivity index (χ3v) is 4.70. The normalized spacial score (nSPS) is 12.3. The van der Waals surface area contributed by atoms with Gasteiger partial charge >= 0.3 is 0 Å². The molecule has 3 aromatic rings. The van der Waals surface area contributed by atoms with Crippen LogP contribution in [0, 0.1) is 5.92 Å². The monoisotopic (exact) mass is 360 g/mol. The molecule has 0 aliphatic carbocycles. The molecule has 0 saturated carbocycles. The first-order valence-corrected chi connectivity index (χ1v) is 8.57.